The second kappa shape index (κ2) is 12.1. The predicted molar refractivity (Wildman–Crippen MR) is 149 cm³/mol. The van der Waals surface area contributed by atoms with Gasteiger partial charge in [0.05, 0.1) is 11.4 Å². The van der Waals surface area contributed by atoms with Crippen LogP contribution >= 0.6 is 28.3 Å². The molecule has 2 heterocycles. The number of ether oxygens (including phenoxy) is 1. The van der Waals surface area contributed by atoms with Crippen molar-refractivity contribution in [2.24, 2.45) is 0 Å². The number of benzene rings is 2. The molecule has 0 spiro atoms. The Hall–Kier alpha value is -3.14. The fourth-order valence-electron chi connectivity index (χ4n) is 3.91. The average Bonchev–Trinajstić information content (AvgIpc) is 3.36. The predicted octanol–water partition coefficient (Wildman–Crippen LogP) is 6.88. The topological polar surface area (TPSA) is 102 Å². The van der Waals surface area contributed by atoms with E-state index in [1.165, 1.54) is 13.8 Å². The maximum absolute atomic E-state index is 11.4. The molecule has 38 heavy (non-hydrogen) atoms. The van der Waals surface area contributed by atoms with Gasteiger partial charge in [-0.1, -0.05) is 39.3 Å². The summed E-state index contributed by atoms with van der Waals surface area (Å²) in [5.74, 6) is 1.60. The highest BCUT2D eigenvalue weighted by Crippen LogP contribution is 2.27. The van der Waals surface area contributed by atoms with Gasteiger partial charge in [-0.3, -0.25) is 4.90 Å². The van der Waals surface area contributed by atoms with Crippen LogP contribution < -0.4 is 4.74 Å². The standard InChI is InChI=1S/C28H30BrN3O5.ClH/c1-17-24(18(2)37-31-17)15-32(14-20-9-11-23(12-10-20)36-28(4,5)27(33)34)16-25-19(3)35-26(30-25)21-7-6-8-22(29)13-21;/h6-13H,14-16H2,1-5H3,(H,33,34);1H. The Morgan fingerprint density at radius 1 is 1.05 bits per heavy atom. The minimum absolute atomic E-state index is 0. The quantitative estimate of drug-likeness (QED) is 0.209. The molecule has 0 saturated heterocycles. The number of aryl methyl sites for hydroxylation is 3. The zero-order valence-corrected chi connectivity index (χ0v) is 24.4. The molecule has 1 N–H and O–H groups in total. The summed E-state index contributed by atoms with van der Waals surface area (Å²) >= 11 is 3.51. The van der Waals surface area contributed by atoms with E-state index >= 15 is 0 Å². The molecule has 0 aliphatic rings. The number of hydrogen-bond acceptors (Lipinski definition) is 7. The molecule has 0 bridgehead atoms. The van der Waals surface area contributed by atoms with Crippen molar-refractivity contribution in [1.29, 1.82) is 0 Å². The van der Waals surface area contributed by atoms with Crippen LogP contribution in [0.15, 0.2) is 61.9 Å². The number of rotatable bonds is 10. The molecule has 0 saturated carbocycles. The van der Waals surface area contributed by atoms with Crippen molar-refractivity contribution in [1.82, 2.24) is 15.0 Å². The fourth-order valence-corrected chi connectivity index (χ4v) is 4.31. The summed E-state index contributed by atoms with van der Waals surface area (Å²) in [7, 11) is 0. The highest BCUT2D eigenvalue weighted by atomic mass is 79.9. The van der Waals surface area contributed by atoms with Gasteiger partial charge in [-0.15, -0.1) is 12.4 Å². The number of aromatic nitrogens is 2. The number of nitrogens with zero attached hydrogens (tertiary/aromatic N) is 3. The Bertz CT molecular complexity index is 1380. The van der Waals surface area contributed by atoms with Gasteiger partial charge < -0.3 is 18.8 Å². The van der Waals surface area contributed by atoms with Crippen LogP contribution in [0.4, 0.5) is 0 Å². The van der Waals surface area contributed by atoms with Crippen LogP contribution in [0.1, 0.15) is 47.9 Å². The Labute approximate surface area is 236 Å². The second-order valence-electron chi connectivity index (χ2n) is 9.54. The summed E-state index contributed by atoms with van der Waals surface area (Å²) in [6.07, 6.45) is 0. The second-order valence-corrected chi connectivity index (χ2v) is 10.5. The van der Waals surface area contributed by atoms with Gasteiger partial charge >= 0.3 is 5.97 Å². The van der Waals surface area contributed by atoms with Crippen LogP contribution in [0.25, 0.3) is 11.5 Å². The van der Waals surface area contributed by atoms with Gasteiger partial charge in [-0.05, 0) is 70.5 Å². The molecule has 2 aromatic heterocycles. The zero-order chi connectivity index (χ0) is 26.7. The van der Waals surface area contributed by atoms with Crippen molar-refractivity contribution in [2.45, 2.75) is 59.9 Å². The van der Waals surface area contributed by atoms with Crippen LogP contribution in [-0.2, 0) is 24.4 Å². The molecule has 0 atom stereocenters. The van der Waals surface area contributed by atoms with Crippen LogP contribution in [0, 0.1) is 20.8 Å². The van der Waals surface area contributed by atoms with Crippen LogP contribution in [-0.4, -0.2) is 31.7 Å². The Balaban J connectivity index is 0.00000400. The van der Waals surface area contributed by atoms with Crippen molar-refractivity contribution in [3.05, 3.63) is 87.0 Å². The molecule has 0 unspecified atom stereocenters. The summed E-state index contributed by atoms with van der Waals surface area (Å²) in [6.45, 7) is 10.6. The summed E-state index contributed by atoms with van der Waals surface area (Å²) in [4.78, 5) is 18.4. The van der Waals surface area contributed by atoms with Gasteiger partial charge in [-0.2, -0.15) is 0 Å². The molecule has 0 radical (unpaired) electrons. The Morgan fingerprint density at radius 3 is 2.37 bits per heavy atom. The first kappa shape index (κ1) is 29.4. The lowest BCUT2D eigenvalue weighted by atomic mass is 10.1. The molecule has 8 nitrogen and oxygen atoms in total. The van der Waals surface area contributed by atoms with Crippen molar-refractivity contribution >= 4 is 34.3 Å². The summed E-state index contributed by atoms with van der Waals surface area (Å²) in [5, 5.41) is 13.4. The summed E-state index contributed by atoms with van der Waals surface area (Å²) < 4.78 is 18.0. The SMILES string of the molecule is Cc1noc(C)c1CN(Cc1ccc(OC(C)(C)C(=O)O)cc1)Cc1nc(-c2cccc(Br)c2)oc1C.Cl. The van der Waals surface area contributed by atoms with Gasteiger partial charge in [0, 0.05) is 35.2 Å². The molecule has 202 valence electrons. The number of hydrogen-bond donors (Lipinski definition) is 1. The number of halogens is 2. The lowest BCUT2D eigenvalue weighted by Crippen LogP contribution is -2.37. The van der Waals surface area contributed by atoms with E-state index in [4.69, 9.17) is 18.7 Å². The van der Waals surface area contributed by atoms with Gasteiger partial charge in [0.2, 0.25) is 5.89 Å². The van der Waals surface area contributed by atoms with E-state index in [0.29, 0.717) is 31.3 Å². The maximum Gasteiger partial charge on any atom is 0.347 e. The first-order valence-corrected chi connectivity index (χ1v) is 12.7. The first-order chi connectivity index (χ1) is 17.5. The normalized spacial score (nSPS) is 11.4. The minimum atomic E-state index is -1.31. The molecule has 0 aliphatic heterocycles. The van der Waals surface area contributed by atoms with E-state index < -0.39 is 11.6 Å². The third-order valence-electron chi connectivity index (χ3n) is 6.12. The highest BCUT2D eigenvalue weighted by Gasteiger charge is 2.29. The van der Waals surface area contributed by atoms with Gasteiger partial charge in [0.25, 0.3) is 0 Å². The average molecular weight is 605 g/mol. The van der Waals surface area contributed by atoms with Crippen molar-refractivity contribution in [3.8, 4) is 17.2 Å². The molecule has 4 rings (SSSR count). The lowest BCUT2D eigenvalue weighted by Gasteiger charge is -2.23. The summed E-state index contributed by atoms with van der Waals surface area (Å²) in [5.41, 5.74) is 3.38. The van der Waals surface area contributed by atoms with Gasteiger partial charge in [0.15, 0.2) is 5.60 Å². The minimum Gasteiger partial charge on any atom is -0.478 e. The number of carboxylic acids is 1. The number of aliphatic carboxylic acids is 1. The molecular formula is C28H31BrClN3O5. The number of carboxylic acid groups (broad SMARTS) is 1. The van der Waals surface area contributed by atoms with E-state index in [2.05, 4.69) is 26.0 Å². The number of oxazole rings is 1. The Kier molecular flexibility index (Phi) is 9.40. The van der Waals surface area contributed by atoms with Crippen molar-refractivity contribution in [2.75, 3.05) is 0 Å². The van der Waals surface area contributed by atoms with Crippen LogP contribution in [0.5, 0.6) is 5.75 Å². The molecule has 0 aliphatic carbocycles. The fraction of sp³-hybridized carbons (Fsp3) is 0.321. The molecule has 2 aromatic carbocycles. The van der Waals surface area contributed by atoms with Crippen LogP contribution in [0.2, 0.25) is 0 Å². The third-order valence-corrected chi connectivity index (χ3v) is 6.61. The largest absolute Gasteiger partial charge is 0.478 e. The Morgan fingerprint density at radius 2 is 1.76 bits per heavy atom. The van der Waals surface area contributed by atoms with Crippen molar-refractivity contribution in [3.63, 3.8) is 0 Å². The molecule has 0 fully saturated rings. The zero-order valence-electron chi connectivity index (χ0n) is 21.9. The third kappa shape index (κ3) is 7.03. The highest BCUT2D eigenvalue weighted by molar-refractivity contribution is 9.10. The summed E-state index contributed by atoms with van der Waals surface area (Å²) in [6, 6.07) is 15.3. The molecular weight excluding hydrogens is 574 g/mol. The van der Waals surface area contributed by atoms with Crippen molar-refractivity contribution < 1.29 is 23.6 Å². The van der Waals surface area contributed by atoms with Gasteiger partial charge in [0.1, 0.15) is 17.3 Å². The molecule has 10 heteroatoms. The van der Waals surface area contributed by atoms with E-state index in [0.717, 1.165) is 44.1 Å². The van der Waals surface area contributed by atoms with Gasteiger partial charge in [-0.25, -0.2) is 9.78 Å². The van der Waals surface area contributed by atoms with E-state index in [1.54, 1.807) is 12.1 Å². The molecule has 0 amide bonds. The lowest BCUT2D eigenvalue weighted by molar-refractivity contribution is -0.152. The van der Waals surface area contributed by atoms with E-state index in [1.807, 2.05) is 57.2 Å². The van der Waals surface area contributed by atoms with Crippen LogP contribution in [0.3, 0.4) is 0 Å². The smallest absolute Gasteiger partial charge is 0.347 e. The number of carbonyl (C=O) groups is 1. The molecule has 4 aromatic rings. The van der Waals surface area contributed by atoms with E-state index in [-0.39, 0.29) is 12.4 Å². The first-order valence-electron chi connectivity index (χ1n) is 11.9. The maximum atomic E-state index is 11.4. The monoisotopic (exact) mass is 603 g/mol. The van der Waals surface area contributed by atoms with E-state index in [9.17, 15) is 9.90 Å².